The molecule has 84 valence electrons. The number of β-amino-alcohol motifs (C(OH)–C–C–N with tert-alkyl or cyclic N) is 1. The van der Waals surface area contributed by atoms with Gasteiger partial charge in [0.25, 0.3) is 0 Å². The maximum Gasteiger partial charge on any atom is 0.159 e. The van der Waals surface area contributed by atoms with Crippen LogP contribution in [-0.4, -0.2) is 38.9 Å². The largest absolute Gasteiger partial charge is 0.391 e. The van der Waals surface area contributed by atoms with Gasteiger partial charge in [0, 0.05) is 25.2 Å². The molecule has 1 N–H and O–H groups in total. The van der Waals surface area contributed by atoms with Crippen LogP contribution in [0.4, 0.5) is 5.82 Å². The van der Waals surface area contributed by atoms with Crippen molar-refractivity contribution in [2.45, 2.75) is 12.5 Å². The van der Waals surface area contributed by atoms with Gasteiger partial charge in [-0.3, -0.25) is 0 Å². The summed E-state index contributed by atoms with van der Waals surface area (Å²) in [5, 5.41) is 14.2. The molecular formula is C10H11ClN4O. The van der Waals surface area contributed by atoms with Crippen LogP contribution in [-0.2, 0) is 0 Å². The Morgan fingerprint density at radius 2 is 2.38 bits per heavy atom. The third-order valence-electron chi connectivity index (χ3n) is 2.80. The first kappa shape index (κ1) is 9.86. The summed E-state index contributed by atoms with van der Waals surface area (Å²) in [6, 6.07) is 3.58. The van der Waals surface area contributed by atoms with Gasteiger partial charge in [-0.05, 0) is 6.42 Å². The molecule has 1 unspecified atom stereocenters. The number of fused-ring (bicyclic) bond motifs is 1. The minimum absolute atomic E-state index is 0.266. The van der Waals surface area contributed by atoms with E-state index in [0.29, 0.717) is 11.7 Å². The predicted molar refractivity (Wildman–Crippen MR) is 60.8 cm³/mol. The summed E-state index contributed by atoms with van der Waals surface area (Å²) in [5.41, 5.74) is 0.726. The summed E-state index contributed by atoms with van der Waals surface area (Å²) in [6.45, 7) is 1.44. The number of aromatic nitrogens is 3. The summed E-state index contributed by atoms with van der Waals surface area (Å²) in [5.74, 6) is 0.886. The number of aliphatic hydroxyl groups is 1. The zero-order chi connectivity index (χ0) is 11.1. The molecule has 0 saturated carbocycles. The highest BCUT2D eigenvalue weighted by Crippen LogP contribution is 2.23. The Balaban J connectivity index is 2.11. The molecule has 5 nitrogen and oxygen atoms in total. The van der Waals surface area contributed by atoms with Gasteiger partial charge in [0.1, 0.15) is 11.0 Å². The quantitative estimate of drug-likeness (QED) is 0.752. The van der Waals surface area contributed by atoms with E-state index in [1.807, 2.05) is 6.07 Å². The van der Waals surface area contributed by atoms with Crippen molar-refractivity contribution in [1.29, 1.82) is 0 Å². The molecule has 2 aromatic heterocycles. The second-order valence-electron chi connectivity index (χ2n) is 3.93. The molecule has 0 aliphatic carbocycles. The minimum Gasteiger partial charge on any atom is -0.391 e. The van der Waals surface area contributed by atoms with E-state index in [1.165, 1.54) is 0 Å². The van der Waals surface area contributed by atoms with Gasteiger partial charge >= 0.3 is 0 Å². The van der Waals surface area contributed by atoms with Crippen LogP contribution >= 0.6 is 11.6 Å². The van der Waals surface area contributed by atoms with Gasteiger partial charge < -0.3 is 10.0 Å². The van der Waals surface area contributed by atoms with E-state index in [9.17, 15) is 5.11 Å². The van der Waals surface area contributed by atoms with Crippen LogP contribution in [0.25, 0.3) is 5.65 Å². The lowest BCUT2D eigenvalue weighted by Gasteiger charge is -2.18. The Kier molecular flexibility index (Phi) is 2.22. The summed E-state index contributed by atoms with van der Waals surface area (Å²) in [7, 11) is 0. The lowest BCUT2D eigenvalue weighted by atomic mass is 10.3. The molecule has 6 heteroatoms. The molecule has 1 aliphatic heterocycles. The fourth-order valence-electron chi connectivity index (χ4n) is 2.04. The van der Waals surface area contributed by atoms with Crippen LogP contribution in [0.5, 0.6) is 0 Å². The highest BCUT2D eigenvalue weighted by atomic mass is 35.5. The highest BCUT2D eigenvalue weighted by molar-refractivity contribution is 6.29. The molecule has 3 rings (SSSR count). The van der Waals surface area contributed by atoms with Gasteiger partial charge in [-0.25, -0.2) is 4.98 Å². The molecule has 0 spiro atoms. The van der Waals surface area contributed by atoms with E-state index < -0.39 is 0 Å². The number of hydrogen-bond donors (Lipinski definition) is 1. The number of halogens is 1. The lowest BCUT2D eigenvalue weighted by molar-refractivity contribution is 0.198. The van der Waals surface area contributed by atoms with Gasteiger partial charge in [-0.15, -0.1) is 0 Å². The Bertz CT molecular complexity index is 527. The zero-order valence-electron chi connectivity index (χ0n) is 8.54. The zero-order valence-corrected chi connectivity index (χ0v) is 9.30. The van der Waals surface area contributed by atoms with Crippen LogP contribution in [0.2, 0.25) is 5.15 Å². The van der Waals surface area contributed by atoms with E-state index in [-0.39, 0.29) is 6.10 Å². The fourth-order valence-corrected chi connectivity index (χ4v) is 2.23. The van der Waals surface area contributed by atoms with Crippen molar-refractivity contribution in [3.8, 4) is 0 Å². The van der Waals surface area contributed by atoms with Crippen molar-refractivity contribution in [3.05, 3.63) is 23.5 Å². The van der Waals surface area contributed by atoms with Crippen LogP contribution in [0.15, 0.2) is 18.3 Å². The first-order chi connectivity index (χ1) is 7.74. The minimum atomic E-state index is -0.266. The van der Waals surface area contributed by atoms with Crippen LogP contribution in [0.1, 0.15) is 6.42 Å². The van der Waals surface area contributed by atoms with Crippen molar-refractivity contribution >= 4 is 23.1 Å². The van der Waals surface area contributed by atoms with Crippen LogP contribution in [0.3, 0.4) is 0 Å². The Morgan fingerprint density at radius 3 is 3.12 bits per heavy atom. The fraction of sp³-hybridized carbons (Fsp3) is 0.400. The summed E-state index contributed by atoms with van der Waals surface area (Å²) in [6.07, 6.45) is 2.20. The smallest absolute Gasteiger partial charge is 0.159 e. The van der Waals surface area contributed by atoms with Crippen molar-refractivity contribution in [2.24, 2.45) is 0 Å². The SMILES string of the molecule is OC1CCN(c2cc(Cl)nc3ccnn23)C1. The van der Waals surface area contributed by atoms with Crippen molar-refractivity contribution in [1.82, 2.24) is 14.6 Å². The topological polar surface area (TPSA) is 53.7 Å². The first-order valence-electron chi connectivity index (χ1n) is 5.17. The van der Waals surface area contributed by atoms with Crippen LogP contribution in [0, 0.1) is 0 Å². The maximum atomic E-state index is 9.53. The summed E-state index contributed by atoms with van der Waals surface area (Å²) < 4.78 is 1.74. The van der Waals surface area contributed by atoms with E-state index in [1.54, 1.807) is 16.8 Å². The monoisotopic (exact) mass is 238 g/mol. The average Bonchev–Trinajstić information content (AvgIpc) is 2.84. The molecule has 1 fully saturated rings. The standard InChI is InChI=1S/C10H11ClN4O/c11-8-5-10(14-4-2-7(16)6-14)15-9(13-8)1-3-12-15/h1,3,5,7,16H,2,4,6H2. The molecular weight excluding hydrogens is 228 g/mol. The van der Waals surface area contributed by atoms with Crippen molar-refractivity contribution in [3.63, 3.8) is 0 Å². The number of hydrogen-bond acceptors (Lipinski definition) is 4. The lowest BCUT2D eigenvalue weighted by Crippen LogP contribution is -2.23. The van der Waals surface area contributed by atoms with E-state index in [4.69, 9.17) is 11.6 Å². The maximum absolute atomic E-state index is 9.53. The number of rotatable bonds is 1. The van der Waals surface area contributed by atoms with E-state index in [0.717, 1.165) is 24.4 Å². The predicted octanol–water partition coefficient (Wildman–Crippen LogP) is 0.954. The molecule has 3 heterocycles. The second kappa shape index (κ2) is 3.61. The molecule has 0 amide bonds. The van der Waals surface area contributed by atoms with E-state index in [2.05, 4.69) is 15.0 Å². The number of nitrogens with zero attached hydrogens (tertiary/aromatic N) is 4. The van der Waals surface area contributed by atoms with Gasteiger partial charge in [-0.2, -0.15) is 9.61 Å². The third-order valence-corrected chi connectivity index (χ3v) is 2.99. The van der Waals surface area contributed by atoms with E-state index >= 15 is 0 Å². The molecule has 2 aromatic rings. The van der Waals surface area contributed by atoms with Gasteiger partial charge in [-0.1, -0.05) is 11.6 Å². The molecule has 1 aliphatic rings. The Morgan fingerprint density at radius 1 is 1.50 bits per heavy atom. The van der Waals surface area contributed by atoms with Crippen molar-refractivity contribution in [2.75, 3.05) is 18.0 Å². The Hall–Kier alpha value is -1.33. The molecule has 1 saturated heterocycles. The second-order valence-corrected chi connectivity index (χ2v) is 4.31. The summed E-state index contributed by atoms with van der Waals surface area (Å²) >= 11 is 5.95. The average molecular weight is 239 g/mol. The number of anilines is 1. The third kappa shape index (κ3) is 1.52. The molecule has 1 atom stereocenters. The van der Waals surface area contributed by atoms with Gasteiger partial charge in [0.15, 0.2) is 5.65 Å². The highest BCUT2D eigenvalue weighted by Gasteiger charge is 2.23. The molecule has 0 radical (unpaired) electrons. The normalized spacial score (nSPS) is 20.9. The molecule has 0 bridgehead atoms. The number of aliphatic hydroxyl groups excluding tert-OH is 1. The first-order valence-corrected chi connectivity index (χ1v) is 5.55. The van der Waals surface area contributed by atoms with Gasteiger partial charge in [0.05, 0.1) is 12.3 Å². The molecule has 16 heavy (non-hydrogen) atoms. The summed E-state index contributed by atoms with van der Waals surface area (Å²) in [4.78, 5) is 6.23. The Labute approximate surface area is 97.3 Å². The van der Waals surface area contributed by atoms with Crippen molar-refractivity contribution < 1.29 is 5.11 Å². The van der Waals surface area contributed by atoms with Gasteiger partial charge in [0.2, 0.25) is 0 Å². The molecule has 0 aromatic carbocycles. The van der Waals surface area contributed by atoms with Crippen LogP contribution < -0.4 is 4.90 Å².